The lowest BCUT2D eigenvalue weighted by atomic mass is 10.0. The topological polar surface area (TPSA) is 57.6 Å². The minimum Gasteiger partial charge on any atom is -0.481 e. The summed E-state index contributed by atoms with van der Waals surface area (Å²) in [6, 6.07) is 9.54. The molecule has 4 nitrogen and oxygen atoms in total. The standard InChI is InChI=1S/C15H21NO3/c1-11(13(3)17)16(10-9-15(18)19)12(2)14-7-5-4-6-8-14/h4-8,11-12H,9-10H2,1-3H3,(H,18,19). The van der Waals surface area contributed by atoms with Gasteiger partial charge in [-0.15, -0.1) is 0 Å². The summed E-state index contributed by atoms with van der Waals surface area (Å²) in [7, 11) is 0. The number of hydrogen-bond acceptors (Lipinski definition) is 3. The summed E-state index contributed by atoms with van der Waals surface area (Å²) >= 11 is 0. The molecule has 0 amide bonds. The zero-order chi connectivity index (χ0) is 14.4. The van der Waals surface area contributed by atoms with Gasteiger partial charge in [0.2, 0.25) is 0 Å². The lowest BCUT2D eigenvalue weighted by Gasteiger charge is -2.33. The molecule has 0 heterocycles. The molecule has 104 valence electrons. The molecule has 1 aromatic carbocycles. The van der Waals surface area contributed by atoms with Gasteiger partial charge in [-0.05, 0) is 26.3 Å². The van der Waals surface area contributed by atoms with E-state index >= 15 is 0 Å². The fourth-order valence-corrected chi connectivity index (χ4v) is 2.10. The molecule has 0 saturated heterocycles. The highest BCUT2D eigenvalue weighted by Gasteiger charge is 2.24. The van der Waals surface area contributed by atoms with Crippen molar-refractivity contribution < 1.29 is 14.7 Å². The van der Waals surface area contributed by atoms with Gasteiger partial charge in [0.05, 0.1) is 12.5 Å². The monoisotopic (exact) mass is 263 g/mol. The van der Waals surface area contributed by atoms with Crippen molar-refractivity contribution in [3.05, 3.63) is 35.9 Å². The van der Waals surface area contributed by atoms with Crippen molar-refractivity contribution in [1.82, 2.24) is 4.90 Å². The van der Waals surface area contributed by atoms with Gasteiger partial charge in [-0.3, -0.25) is 14.5 Å². The Hall–Kier alpha value is -1.68. The average Bonchev–Trinajstić information content (AvgIpc) is 2.39. The van der Waals surface area contributed by atoms with Gasteiger partial charge in [0, 0.05) is 12.6 Å². The Balaban J connectivity index is 2.89. The first-order chi connectivity index (χ1) is 8.93. The second kappa shape index (κ2) is 7.04. The van der Waals surface area contributed by atoms with Gasteiger partial charge >= 0.3 is 5.97 Å². The van der Waals surface area contributed by atoms with Crippen molar-refractivity contribution in [2.75, 3.05) is 6.54 Å². The van der Waals surface area contributed by atoms with Crippen molar-refractivity contribution in [2.24, 2.45) is 0 Å². The summed E-state index contributed by atoms with van der Waals surface area (Å²) < 4.78 is 0. The lowest BCUT2D eigenvalue weighted by molar-refractivity contribution is -0.138. The Kier molecular flexibility index (Phi) is 5.70. The number of carboxylic acid groups (broad SMARTS) is 1. The lowest BCUT2D eigenvalue weighted by Crippen LogP contribution is -2.41. The fourth-order valence-electron chi connectivity index (χ4n) is 2.10. The van der Waals surface area contributed by atoms with E-state index in [0.717, 1.165) is 5.56 Å². The molecule has 4 heteroatoms. The molecular weight excluding hydrogens is 242 g/mol. The molecule has 0 aromatic heterocycles. The summed E-state index contributed by atoms with van der Waals surface area (Å²) in [5.74, 6) is -0.797. The van der Waals surface area contributed by atoms with Crippen molar-refractivity contribution in [1.29, 1.82) is 0 Å². The highest BCUT2D eigenvalue weighted by atomic mass is 16.4. The molecule has 0 spiro atoms. The third kappa shape index (κ3) is 4.48. The van der Waals surface area contributed by atoms with E-state index in [9.17, 15) is 9.59 Å². The van der Waals surface area contributed by atoms with Crippen LogP contribution in [0.1, 0.15) is 38.8 Å². The van der Waals surface area contributed by atoms with Crippen molar-refractivity contribution >= 4 is 11.8 Å². The van der Waals surface area contributed by atoms with Gasteiger partial charge in [0.25, 0.3) is 0 Å². The predicted molar refractivity (Wildman–Crippen MR) is 74.0 cm³/mol. The van der Waals surface area contributed by atoms with Crippen LogP contribution >= 0.6 is 0 Å². The van der Waals surface area contributed by atoms with Crippen LogP contribution in [-0.2, 0) is 9.59 Å². The number of ketones is 1. The molecule has 2 unspecified atom stereocenters. The minimum absolute atomic E-state index is 0.0134. The first-order valence-electron chi connectivity index (χ1n) is 6.46. The van der Waals surface area contributed by atoms with Crippen LogP contribution < -0.4 is 0 Å². The number of carbonyl (C=O) groups excluding carboxylic acids is 1. The van der Waals surface area contributed by atoms with Crippen LogP contribution in [0.25, 0.3) is 0 Å². The molecule has 0 radical (unpaired) electrons. The summed E-state index contributed by atoms with van der Waals surface area (Å²) in [4.78, 5) is 24.3. The molecule has 1 rings (SSSR count). The number of nitrogens with zero attached hydrogens (tertiary/aromatic N) is 1. The van der Waals surface area contributed by atoms with Crippen molar-refractivity contribution in [2.45, 2.75) is 39.3 Å². The molecule has 0 aliphatic heterocycles. The van der Waals surface area contributed by atoms with E-state index in [1.807, 2.05) is 49.1 Å². The fraction of sp³-hybridized carbons (Fsp3) is 0.467. The SMILES string of the molecule is CC(=O)C(C)N(CCC(=O)O)C(C)c1ccccc1. The second-order valence-corrected chi connectivity index (χ2v) is 4.75. The molecule has 1 aromatic rings. The maximum Gasteiger partial charge on any atom is 0.304 e. The molecule has 0 saturated carbocycles. The molecule has 0 aliphatic carbocycles. The molecule has 19 heavy (non-hydrogen) atoms. The average molecular weight is 263 g/mol. The van der Waals surface area contributed by atoms with E-state index in [4.69, 9.17) is 5.11 Å². The van der Waals surface area contributed by atoms with Crippen molar-refractivity contribution in [3.63, 3.8) is 0 Å². The molecule has 1 N–H and O–H groups in total. The Bertz CT molecular complexity index is 430. The third-order valence-electron chi connectivity index (χ3n) is 3.45. The van der Waals surface area contributed by atoms with Crippen LogP contribution in [-0.4, -0.2) is 34.3 Å². The van der Waals surface area contributed by atoms with Gasteiger partial charge in [-0.1, -0.05) is 30.3 Å². The predicted octanol–water partition coefficient (Wildman–Crippen LogP) is 2.50. The van der Waals surface area contributed by atoms with E-state index in [0.29, 0.717) is 6.54 Å². The Morgan fingerprint density at radius 3 is 2.26 bits per heavy atom. The maximum atomic E-state index is 11.6. The number of benzene rings is 1. The summed E-state index contributed by atoms with van der Waals surface area (Å²) in [5.41, 5.74) is 1.08. The van der Waals surface area contributed by atoms with Crippen LogP contribution in [0.15, 0.2) is 30.3 Å². The largest absolute Gasteiger partial charge is 0.481 e. The van der Waals surface area contributed by atoms with Crippen LogP contribution in [0.5, 0.6) is 0 Å². The van der Waals surface area contributed by atoms with Gasteiger partial charge in [-0.25, -0.2) is 0 Å². The maximum absolute atomic E-state index is 11.6. The number of rotatable bonds is 7. The zero-order valence-corrected chi connectivity index (χ0v) is 11.7. The number of aliphatic carboxylic acids is 1. The summed E-state index contributed by atoms with van der Waals surface area (Å²) in [6.07, 6.45) is 0.0365. The first kappa shape index (κ1) is 15.4. The van der Waals surface area contributed by atoms with E-state index in [2.05, 4.69) is 0 Å². The smallest absolute Gasteiger partial charge is 0.304 e. The number of hydrogen-bond donors (Lipinski definition) is 1. The second-order valence-electron chi connectivity index (χ2n) is 4.75. The Morgan fingerprint density at radius 1 is 1.21 bits per heavy atom. The van der Waals surface area contributed by atoms with Gasteiger partial charge < -0.3 is 5.11 Å². The van der Waals surface area contributed by atoms with Gasteiger partial charge in [0.15, 0.2) is 0 Å². The van der Waals surface area contributed by atoms with Crippen molar-refractivity contribution in [3.8, 4) is 0 Å². The summed E-state index contributed by atoms with van der Waals surface area (Å²) in [6.45, 7) is 5.72. The Morgan fingerprint density at radius 2 is 1.79 bits per heavy atom. The quantitative estimate of drug-likeness (QED) is 0.821. The molecule has 0 fully saturated rings. The van der Waals surface area contributed by atoms with E-state index in [-0.39, 0.29) is 24.3 Å². The molecular formula is C15H21NO3. The van der Waals surface area contributed by atoms with Gasteiger partial charge in [-0.2, -0.15) is 0 Å². The first-order valence-corrected chi connectivity index (χ1v) is 6.46. The highest BCUT2D eigenvalue weighted by molar-refractivity contribution is 5.81. The Labute approximate surface area is 114 Å². The summed E-state index contributed by atoms with van der Waals surface area (Å²) in [5, 5.41) is 8.82. The van der Waals surface area contributed by atoms with E-state index in [1.165, 1.54) is 6.92 Å². The number of carboxylic acids is 1. The van der Waals surface area contributed by atoms with Crippen LogP contribution in [0.3, 0.4) is 0 Å². The van der Waals surface area contributed by atoms with Gasteiger partial charge in [0.1, 0.15) is 5.78 Å². The molecule has 2 atom stereocenters. The zero-order valence-electron chi connectivity index (χ0n) is 11.7. The number of Topliss-reactive ketones (excluding diaryl/α,β-unsaturated/α-hetero) is 1. The van der Waals surface area contributed by atoms with Crippen LogP contribution in [0.2, 0.25) is 0 Å². The van der Waals surface area contributed by atoms with Crippen LogP contribution in [0.4, 0.5) is 0 Å². The molecule has 0 bridgehead atoms. The normalized spacial score (nSPS) is 14.1. The third-order valence-corrected chi connectivity index (χ3v) is 3.45. The minimum atomic E-state index is -0.846. The molecule has 0 aliphatic rings. The number of carbonyl (C=O) groups is 2. The highest BCUT2D eigenvalue weighted by Crippen LogP contribution is 2.22. The van der Waals surface area contributed by atoms with Crippen LogP contribution in [0, 0.1) is 0 Å². The van der Waals surface area contributed by atoms with E-state index < -0.39 is 5.97 Å². The van der Waals surface area contributed by atoms with E-state index in [1.54, 1.807) is 0 Å².